The SMILES string of the molecule is COc1ccc(C2(CNC(=O)c3ccccc3Cn3cncn3)CCOCC2)cc1. The highest BCUT2D eigenvalue weighted by atomic mass is 16.5. The van der Waals surface area contributed by atoms with E-state index in [1.165, 1.54) is 11.9 Å². The van der Waals surface area contributed by atoms with Crippen LogP contribution in [0, 0.1) is 0 Å². The standard InChI is InChI=1S/C23H26N4O3/c1-29-20-8-6-19(7-9-20)23(10-12-30-13-11-23)15-25-22(28)21-5-3-2-4-18(21)14-27-17-24-16-26-27/h2-9,16-17H,10-15H2,1H3,(H,25,28). The number of nitrogens with one attached hydrogen (secondary N) is 1. The fraction of sp³-hybridized carbons (Fsp3) is 0.348. The summed E-state index contributed by atoms with van der Waals surface area (Å²) in [6, 6.07) is 15.7. The molecular weight excluding hydrogens is 380 g/mol. The van der Waals surface area contributed by atoms with Gasteiger partial charge in [0.15, 0.2) is 0 Å². The monoisotopic (exact) mass is 406 g/mol. The number of methoxy groups -OCH3 is 1. The van der Waals surface area contributed by atoms with E-state index in [4.69, 9.17) is 9.47 Å². The Morgan fingerprint density at radius 3 is 2.63 bits per heavy atom. The zero-order valence-corrected chi connectivity index (χ0v) is 17.1. The predicted molar refractivity (Wildman–Crippen MR) is 113 cm³/mol. The lowest BCUT2D eigenvalue weighted by molar-refractivity contribution is 0.0487. The third kappa shape index (κ3) is 4.36. The van der Waals surface area contributed by atoms with Gasteiger partial charge >= 0.3 is 0 Å². The van der Waals surface area contributed by atoms with E-state index in [-0.39, 0.29) is 11.3 Å². The highest BCUT2D eigenvalue weighted by Crippen LogP contribution is 2.35. The molecule has 0 saturated carbocycles. The first-order valence-electron chi connectivity index (χ1n) is 10.1. The van der Waals surface area contributed by atoms with Crippen molar-refractivity contribution < 1.29 is 14.3 Å². The van der Waals surface area contributed by atoms with Crippen LogP contribution in [0.15, 0.2) is 61.2 Å². The average Bonchev–Trinajstić information content (AvgIpc) is 3.32. The molecule has 0 bridgehead atoms. The Bertz CT molecular complexity index is 964. The molecule has 7 heteroatoms. The average molecular weight is 406 g/mol. The molecule has 1 N–H and O–H groups in total. The minimum atomic E-state index is -0.152. The number of hydrogen-bond donors (Lipinski definition) is 1. The lowest BCUT2D eigenvalue weighted by atomic mass is 9.74. The molecule has 30 heavy (non-hydrogen) atoms. The zero-order chi connectivity index (χ0) is 20.8. The van der Waals surface area contributed by atoms with Gasteiger partial charge < -0.3 is 14.8 Å². The summed E-state index contributed by atoms with van der Waals surface area (Å²) in [5, 5.41) is 7.33. The smallest absolute Gasteiger partial charge is 0.251 e. The van der Waals surface area contributed by atoms with E-state index in [1.807, 2.05) is 36.4 Å². The summed E-state index contributed by atoms with van der Waals surface area (Å²) in [6.07, 6.45) is 4.86. The van der Waals surface area contributed by atoms with Crippen LogP contribution in [0.1, 0.15) is 34.3 Å². The number of rotatable bonds is 7. The van der Waals surface area contributed by atoms with Gasteiger partial charge in [0, 0.05) is 30.7 Å². The molecule has 1 aromatic heterocycles. The van der Waals surface area contributed by atoms with E-state index in [9.17, 15) is 4.79 Å². The first-order valence-corrected chi connectivity index (χ1v) is 10.1. The van der Waals surface area contributed by atoms with Gasteiger partial charge in [-0.3, -0.25) is 4.79 Å². The Morgan fingerprint density at radius 1 is 1.17 bits per heavy atom. The minimum absolute atomic E-state index is 0.0786. The van der Waals surface area contributed by atoms with Crippen molar-refractivity contribution in [2.24, 2.45) is 0 Å². The lowest BCUT2D eigenvalue weighted by Gasteiger charge is -2.38. The maximum Gasteiger partial charge on any atom is 0.251 e. The largest absolute Gasteiger partial charge is 0.497 e. The molecule has 1 aliphatic rings. The van der Waals surface area contributed by atoms with Crippen molar-refractivity contribution in [2.75, 3.05) is 26.9 Å². The number of carbonyl (C=O) groups excluding carboxylic acids is 1. The van der Waals surface area contributed by atoms with Crippen LogP contribution in [-0.2, 0) is 16.7 Å². The summed E-state index contributed by atoms with van der Waals surface area (Å²) in [5.41, 5.74) is 2.61. The lowest BCUT2D eigenvalue weighted by Crippen LogP contribution is -2.44. The van der Waals surface area contributed by atoms with Gasteiger partial charge in [-0.2, -0.15) is 5.10 Å². The second-order valence-corrected chi connectivity index (χ2v) is 7.55. The second kappa shape index (κ2) is 9.09. The molecule has 156 valence electrons. The Hall–Kier alpha value is -3.19. The minimum Gasteiger partial charge on any atom is -0.497 e. The molecule has 3 aromatic rings. The van der Waals surface area contributed by atoms with E-state index >= 15 is 0 Å². The number of carbonyl (C=O) groups is 1. The number of hydrogen-bond acceptors (Lipinski definition) is 5. The topological polar surface area (TPSA) is 78.3 Å². The molecule has 0 spiro atoms. The fourth-order valence-electron chi connectivity index (χ4n) is 3.99. The van der Waals surface area contributed by atoms with Gasteiger partial charge in [-0.25, -0.2) is 9.67 Å². The van der Waals surface area contributed by atoms with Gasteiger partial charge in [0.05, 0.1) is 13.7 Å². The van der Waals surface area contributed by atoms with Crippen molar-refractivity contribution in [1.29, 1.82) is 0 Å². The molecule has 1 aliphatic heterocycles. The third-order valence-corrected chi connectivity index (χ3v) is 5.80. The highest BCUT2D eigenvalue weighted by molar-refractivity contribution is 5.95. The summed E-state index contributed by atoms with van der Waals surface area (Å²) in [6.45, 7) is 2.43. The zero-order valence-electron chi connectivity index (χ0n) is 17.1. The number of nitrogens with zero attached hydrogens (tertiary/aromatic N) is 3. The highest BCUT2D eigenvalue weighted by Gasteiger charge is 2.35. The summed E-state index contributed by atoms with van der Waals surface area (Å²) in [4.78, 5) is 17.1. The van der Waals surface area contributed by atoms with E-state index in [0.29, 0.717) is 31.9 Å². The van der Waals surface area contributed by atoms with Crippen LogP contribution in [0.4, 0.5) is 0 Å². The number of amides is 1. The van der Waals surface area contributed by atoms with Crippen molar-refractivity contribution in [2.45, 2.75) is 24.8 Å². The molecular formula is C23H26N4O3. The van der Waals surface area contributed by atoms with E-state index in [2.05, 4.69) is 27.5 Å². The Balaban J connectivity index is 1.52. The number of ether oxygens (including phenoxy) is 2. The Morgan fingerprint density at radius 2 is 1.93 bits per heavy atom. The van der Waals surface area contributed by atoms with E-state index < -0.39 is 0 Å². The van der Waals surface area contributed by atoms with Gasteiger partial charge in [0.2, 0.25) is 0 Å². The summed E-state index contributed by atoms with van der Waals surface area (Å²) in [7, 11) is 1.66. The van der Waals surface area contributed by atoms with Crippen molar-refractivity contribution >= 4 is 5.91 Å². The van der Waals surface area contributed by atoms with Crippen molar-refractivity contribution in [1.82, 2.24) is 20.1 Å². The fourth-order valence-corrected chi connectivity index (χ4v) is 3.99. The van der Waals surface area contributed by atoms with Crippen molar-refractivity contribution in [3.63, 3.8) is 0 Å². The Kier molecular flexibility index (Phi) is 6.09. The van der Waals surface area contributed by atoms with Gasteiger partial charge in [-0.05, 0) is 42.2 Å². The first-order chi connectivity index (χ1) is 14.7. The summed E-state index contributed by atoms with van der Waals surface area (Å²) >= 11 is 0. The maximum absolute atomic E-state index is 13.1. The molecule has 0 unspecified atom stereocenters. The van der Waals surface area contributed by atoms with Gasteiger partial charge in [-0.15, -0.1) is 0 Å². The van der Waals surface area contributed by atoms with Crippen LogP contribution >= 0.6 is 0 Å². The molecule has 1 amide bonds. The molecule has 4 rings (SSSR count). The van der Waals surface area contributed by atoms with Gasteiger partial charge in [0.25, 0.3) is 5.91 Å². The normalized spacial score (nSPS) is 15.5. The number of benzene rings is 2. The number of aromatic nitrogens is 3. The van der Waals surface area contributed by atoms with Crippen LogP contribution in [0.2, 0.25) is 0 Å². The van der Waals surface area contributed by atoms with Gasteiger partial charge in [0.1, 0.15) is 18.4 Å². The molecule has 1 saturated heterocycles. The van der Waals surface area contributed by atoms with Gasteiger partial charge in [-0.1, -0.05) is 30.3 Å². The maximum atomic E-state index is 13.1. The van der Waals surface area contributed by atoms with E-state index in [0.717, 1.165) is 24.2 Å². The summed E-state index contributed by atoms with van der Waals surface area (Å²) in [5.74, 6) is 0.747. The Labute approximate surface area is 176 Å². The van der Waals surface area contributed by atoms with Crippen LogP contribution in [0.5, 0.6) is 5.75 Å². The van der Waals surface area contributed by atoms with Crippen molar-refractivity contribution in [3.05, 3.63) is 77.9 Å². The molecule has 0 radical (unpaired) electrons. The molecule has 2 heterocycles. The van der Waals surface area contributed by atoms with Crippen LogP contribution < -0.4 is 10.1 Å². The quantitative estimate of drug-likeness (QED) is 0.653. The molecule has 1 fully saturated rings. The van der Waals surface area contributed by atoms with Crippen molar-refractivity contribution in [3.8, 4) is 5.75 Å². The van der Waals surface area contributed by atoms with E-state index in [1.54, 1.807) is 18.1 Å². The molecule has 7 nitrogen and oxygen atoms in total. The predicted octanol–water partition coefficient (Wildman–Crippen LogP) is 2.81. The molecule has 0 atom stereocenters. The first kappa shape index (κ1) is 20.1. The summed E-state index contributed by atoms with van der Waals surface area (Å²) < 4.78 is 12.6. The van der Waals surface area contributed by atoms with Crippen LogP contribution in [-0.4, -0.2) is 47.5 Å². The van der Waals surface area contributed by atoms with Crippen LogP contribution in [0.3, 0.4) is 0 Å². The molecule has 0 aliphatic carbocycles. The van der Waals surface area contributed by atoms with Crippen LogP contribution in [0.25, 0.3) is 0 Å². The molecule has 2 aromatic carbocycles. The third-order valence-electron chi connectivity index (χ3n) is 5.80. The second-order valence-electron chi connectivity index (χ2n) is 7.55.